The molecule has 2 aliphatic rings. The fourth-order valence-electron chi connectivity index (χ4n) is 1.21. The minimum absolute atomic E-state index is 0.177. The summed E-state index contributed by atoms with van der Waals surface area (Å²) in [5.74, 6) is -1.72. The summed E-state index contributed by atoms with van der Waals surface area (Å²) in [5, 5.41) is 4.20. The monoisotopic (exact) mass is 152 g/mol. The molecule has 0 aromatic rings. The van der Waals surface area contributed by atoms with Gasteiger partial charge in [0.1, 0.15) is 0 Å². The molecule has 5 heteroatoms. The van der Waals surface area contributed by atoms with E-state index < -0.39 is 23.1 Å². The normalized spacial score (nSPS) is 25.5. The van der Waals surface area contributed by atoms with Crippen molar-refractivity contribution in [3.63, 3.8) is 0 Å². The molecule has 0 aliphatic carbocycles. The summed E-state index contributed by atoms with van der Waals surface area (Å²) in [6.45, 7) is 3.37. The van der Waals surface area contributed by atoms with Crippen molar-refractivity contribution in [1.82, 2.24) is 10.6 Å². The van der Waals surface area contributed by atoms with E-state index in [0.29, 0.717) is 0 Å². The lowest BCUT2D eigenvalue weighted by atomic mass is 9.70. The van der Waals surface area contributed by atoms with E-state index in [1.54, 1.807) is 0 Å². The van der Waals surface area contributed by atoms with Crippen molar-refractivity contribution in [2.75, 3.05) is 0 Å². The summed E-state index contributed by atoms with van der Waals surface area (Å²) in [7, 11) is 0. The Hall–Kier alpha value is -1.65. The van der Waals surface area contributed by atoms with Crippen molar-refractivity contribution >= 4 is 17.7 Å². The fourth-order valence-corrected chi connectivity index (χ4v) is 1.21. The molecule has 5 nitrogen and oxygen atoms in total. The third-order valence-corrected chi connectivity index (χ3v) is 1.97. The van der Waals surface area contributed by atoms with Gasteiger partial charge in [-0.25, -0.2) is 0 Å². The largest absolute Gasteiger partial charge is 0.326 e. The Balaban J connectivity index is 2.49. The summed E-state index contributed by atoms with van der Waals surface area (Å²) in [6, 6.07) is 0. The Labute approximate surface area is 61.4 Å². The number of carbonyl (C=O) groups is 3. The summed E-state index contributed by atoms with van der Waals surface area (Å²) >= 11 is 0. The standard InChI is InChI=1S/C6H4N2O3/c1-2-6(3(9)7-2)4(10)8-5(6)11/h1H2,(H,7,9)(H,8,10,11). The summed E-state index contributed by atoms with van der Waals surface area (Å²) in [6.07, 6.45) is 0. The highest BCUT2D eigenvalue weighted by Gasteiger charge is 2.69. The fraction of sp³-hybridized carbons (Fsp3) is 0.167. The van der Waals surface area contributed by atoms with Crippen LogP contribution in [0.15, 0.2) is 12.3 Å². The molecule has 0 bridgehead atoms. The number of nitrogens with one attached hydrogen (secondary N) is 2. The van der Waals surface area contributed by atoms with Gasteiger partial charge in [-0.15, -0.1) is 0 Å². The topological polar surface area (TPSA) is 75.3 Å². The number of amides is 3. The maximum atomic E-state index is 10.8. The predicted octanol–water partition coefficient (Wildman–Crippen LogP) is -1.73. The van der Waals surface area contributed by atoms with Crippen LogP contribution in [0.25, 0.3) is 0 Å². The van der Waals surface area contributed by atoms with E-state index >= 15 is 0 Å². The van der Waals surface area contributed by atoms with Gasteiger partial charge in [-0.05, 0) is 0 Å². The number of hydrogen-bond donors (Lipinski definition) is 2. The summed E-state index contributed by atoms with van der Waals surface area (Å²) < 4.78 is 0. The Kier molecular flexibility index (Phi) is 0.741. The Morgan fingerprint density at radius 2 is 1.45 bits per heavy atom. The first kappa shape index (κ1) is 6.09. The molecule has 1 spiro atoms. The van der Waals surface area contributed by atoms with Gasteiger partial charge in [-0.1, -0.05) is 6.58 Å². The maximum Gasteiger partial charge on any atom is 0.258 e. The molecule has 0 aromatic heterocycles. The van der Waals surface area contributed by atoms with Gasteiger partial charge < -0.3 is 5.32 Å². The van der Waals surface area contributed by atoms with Crippen LogP contribution in [0.4, 0.5) is 0 Å². The minimum atomic E-state index is -1.56. The molecule has 2 fully saturated rings. The number of hydrogen-bond acceptors (Lipinski definition) is 3. The number of rotatable bonds is 0. The highest BCUT2D eigenvalue weighted by atomic mass is 16.2. The lowest BCUT2D eigenvalue weighted by Crippen LogP contribution is -2.78. The van der Waals surface area contributed by atoms with Gasteiger partial charge in [0.25, 0.3) is 17.7 Å². The Bertz CT molecular complexity index is 254. The second kappa shape index (κ2) is 1.34. The van der Waals surface area contributed by atoms with E-state index in [-0.39, 0.29) is 5.70 Å². The highest BCUT2D eigenvalue weighted by Crippen LogP contribution is 2.39. The molecule has 2 heterocycles. The number of imide groups is 1. The zero-order chi connectivity index (χ0) is 8.22. The Morgan fingerprint density at radius 3 is 1.64 bits per heavy atom. The van der Waals surface area contributed by atoms with Crippen molar-refractivity contribution < 1.29 is 14.4 Å². The molecule has 2 rings (SSSR count). The van der Waals surface area contributed by atoms with Gasteiger partial charge in [-0.3, -0.25) is 19.7 Å². The van der Waals surface area contributed by atoms with Crippen LogP contribution in [-0.2, 0) is 14.4 Å². The second-order valence-electron chi connectivity index (χ2n) is 2.47. The molecule has 2 N–H and O–H groups in total. The van der Waals surface area contributed by atoms with E-state index in [9.17, 15) is 14.4 Å². The number of carbonyl (C=O) groups excluding carboxylic acids is 3. The van der Waals surface area contributed by atoms with E-state index in [1.165, 1.54) is 0 Å². The van der Waals surface area contributed by atoms with Gasteiger partial charge in [0.15, 0.2) is 0 Å². The molecule has 0 saturated carbocycles. The van der Waals surface area contributed by atoms with Crippen molar-refractivity contribution in [2.24, 2.45) is 5.41 Å². The van der Waals surface area contributed by atoms with Crippen LogP contribution in [0.2, 0.25) is 0 Å². The van der Waals surface area contributed by atoms with Gasteiger partial charge in [-0.2, -0.15) is 0 Å². The molecule has 56 valence electrons. The average Bonchev–Trinajstić information content (AvgIpc) is 1.86. The molecular formula is C6H4N2O3. The Morgan fingerprint density at radius 1 is 1.00 bits per heavy atom. The summed E-state index contributed by atoms with van der Waals surface area (Å²) in [4.78, 5) is 32.4. The lowest BCUT2D eigenvalue weighted by molar-refractivity contribution is -0.165. The van der Waals surface area contributed by atoms with Crippen molar-refractivity contribution in [2.45, 2.75) is 0 Å². The first-order chi connectivity index (χ1) is 5.10. The molecule has 2 saturated heterocycles. The van der Waals surface area contributed by atoms with Crippen LogP contribution in [0.3, 0.4) is 0 Å². The van der Waals surface area contributed by atoms with Crippen LogP contribution in [-0.4, -0.2) is 17.7 Å². The van der Waals surface area contributed by atoms with E-state index in [0.717, 1.165) is 0 Å². The highest BCUT2D eigenvalue weighted by molar-refractivity contribution is 6.40. The molecule has 0 unspecified atom stereocenters. The lowest BCUT2D eigenvalue weighted by Gasteiger charge is -2.45. The zero-order valence-corrected chi connectivity index (χ0v) is 5.43. The third-order valence-electron chi connectivity index (χ3n) is 1.97. The van der Waals surface area contributed by atoms with E-state index in [2.05, 4.69) is 11.9 Å². The molecular weight excluding hydrogens is 148 g/mol. The van der Waals surface area contributed by atoms with Crippen LogP contribution in [0, 0.1) is 5.41 Å². The quantitative estimate of drug-likeness (QED) is 0.320. The zero-order valence-electron chi connectivity index (χ0n) is 5.43. The SMILES string of the molecule is C=C1NC(=O)C12C(=O)NC2=O. The van der Waals surface area contributed by atoms with Gasteiger partial charge >= 0.3 is 0 Å². The molecule has 0 aromatic carbocycles. The minimum Gasteiger partial charge on any atom is -0.326 e. The molecule has 3 amide bonds. The van der Waals surface area contributed by atoms with Crippen molar-refractivity contribution in [3.05, 3.63) is 12.3 Å². The molecule has 0 radical (unpaired) electrons. The molecule has 0 atom stereocenters. The predicted molar refractivity (Wildman–Crippen MR) is 32.9 cm³/mol. The van der Waals surface area contributed by atoms with Gasteiger partial charge in [0, 0.05) is 5.70 Å². The van der Waals surface area contributed by atoms with Gasteiger partial charge in [0.05, 0.1) is 0 Å². The third kappa shape index (κ3) is 0.366. The van der Waals surface area contributed by atoms with Crippen LogP contribution in [0.5, 0.6) is 0 Å². The van der Waals surface area contributed by atoms with E-state index in [4.69, 9.17) is 0 Å². The summed E-state index contributed by atoms with van der Waals surface area (Å²) in [5.41, 5.74) is -1.38. The molecule has 2 aliphatic heterocycles. The maximum absolute atomic E-state index is 10.8. The smallest absolute Gasteiger partial charge is 0.258 e. The van der Waals surface area contributed by atoms with E-state index in [1.807, 2.05) is 5.32 Å². The first-order valence-corrected chi connectivity index (χ1v) is 2.97. The number of β-lactam (4-membered cyclic amide) rings is 3. The van der Waals surface area contributed by atoms with Crippen molar-refractivity contribution in [3.8, 4) is 0 Å². The van der Waals surface area contributed by atoms with Crippen LogP contribution < -0.4 is 10.6 Å². The van der Waals surface area contributed by atoms with Crippen LogP contribution in [0.1, 0.15) is 0 Å². The van der Waals surface area contributed by atoms with Gasteiger partial charge in [0.2, 0.25) is 5.41 Å². The second-order valence-corrected chi connectivity index (χ2v) is 2.47. The molecule has 11 heavy (non-hydrogen) atoms. The van der Waals surface area contributed by atoms with Crippen LogP contribution >= 0.6 is 0 Å². The van der Waals surface area contributed by atoms with Crippen molar-refractivity contribution in [1.29, 1.82) is 0 Å². The first-order valence-electron chi connectivity index (χ1n) is 2.97. The average molecular weight is 152 g/mol.